The Morgan fingerprint density at radius 1 is 0.571 bits per heavy atom. The van der Waals surface area contributed by atoms with Gasteiger partial charge >= 0.3 is 0 Å². The number of hydrogen-bond acceptors (Lipinski definition) is 5. The summed E-state index contributed by atoms with van der Waals surface area (Å²) < 4.78 is 16.5. The summed E-state index contributed by atoms with van der Waals surface area (Å²) in [5.41, 5.74) is 5.05. The molecule has 0 spiro atoms. The summed E-state index contributed by atoms with van der Waals surface area (Å²) in [4.78, 5) is 9.81. The minimum atomic E-state index is 0.545. The fraction of sp³-hybridized carbons (Fsp3) is 0.130. The summed E-state index contributed by atoms with van der Waals surface area (Å²) in [6.45, 7) is 0. The van der Waals surface area contributed by atoms with Crippen LogP contribution in [0.2, 0.25) is 0 Å². The number of nitrogens with zero attached hydrogens (tertiary/aromatic N) is 2. The summed E-state index contributed by atoms with van der Waals surface area (Å²) in [5.74, 6) is 1.69. The Balaban J connectivity index is 2.03. The van der Waals surface area contributed by atoms with Gasteiger partial charge < -0.3 is 14.2 Å². The molecule has 1 aromatic heterocycles. The first-order valence-corrected chi connectivity index (χ1v) is 8.87. The molecule has 0 fully saturated rings. The van der Waals surface area contributed by atoms with Gasteiger partial charge in [0.2, 0.25) is 5.75 Å². The van der Waals surface area contributed by atoms with E-state index in [0.29, 0.717) is 17.2 Å². The van der Waals surface area contributed by atoms with Gasteiger partial charge in [-0.25, -0.2) is 9.97 Å². The van der Waals surface area contributed by atoms with E-state index in [2.05, 4.69) is 0 Å². The van der Waals surface area contributed by atoms with Crippen molar-refractivity contribution in [1.82, 2.24) is 9.97 Å². The van der Waals surface area contributed by atoms with Gasteiger partial charge in [0.05, 0.1) is 43.8 Å². The van der Waals surface area contributed by atoms with Crippen molar-refractivity contribution in [1.29, 1.82) is 0 Å². The maximum absolute atomic E-state index is 5.52. The van der Waals surface area contributed by atoms with E-state index in [1.165, 1.54) is 0 Å². The van der Waals surface area contributed by atoms with E-state index in [-0.39, 0.29) is 0 Å². The minimum Gasteiger partial charge on any atom is -0.493 e. The van der Waals surface area contributed by atoms with Gasteiger partial charge in [-0.05, 0) is 24.3 Å². The Kier molecular flexibility index (Phi) is 4.81. The Bertz CT molecular complexity index is 1100. The molecule has 4 rings (SSSR count). The molecule has 5 nitrogen and oxygen atoms in total. The third-order valence-electron chi connectivity index (χ3n) is 4.56. The standard InChI is InChI=1S/C23H20N2O3/c1-26-19-13-16(14-20(27-2)23(19)28-3)22-21(15-9-5-4-6-10-15)24-17-11-7-8-12-18(17)25-22/h4-14H,1-3H3. The van der Waals surface area contributed by atoms with Crippen LogP contribution in [0, 0.1) is 0 Å². The second-order valence-corrected chi connectivity index (χ2v) is 6.19. The number of aromatic nitrogens is 2. The number of para-hydroxylation sites is 2. The third-order valence-corrected chi connectivity index (χ3v) is 4.56. The van der Waals surface area contributed by atoms with Crippen molar-refractivity contribution in [3.63, 3.8) is 0 Å². The zero-order valence-electron chi connectivity index (χ0n) is 16.0. The molecular formula is C23H20N2O3. The number of hydrogen-bond donors (Lipinski definition) is 0. The highest BCUT2D eigenvalue weighted by molar-refractivity contribution is 5.87. The van der Waals surface area contributed by atoms with E-state index in [9.17, 15) is 0 Å². The molecule has 0 N–H and O–H groups in total. The lowest BCUT2D eigenvalue weighted by Crippen LogP contribution is -1.99. The summed E-state index contributed by atoms with van der Waals surface area (Å²) >= 11 is 0. The lowest BCUT2D eigenvalue weighted by Gasteiger charge is -2.16. The van der Waals surface area contributed by atoms with Crippen LogP contribution in [-0.4, -0.2) is 31.3 Å². The zero-order valence-corrected chi connectivity index (χ0v) is 16.0. The largest absolute Gasteiger partial charge is 0.493 e. The fourth-order valence-electron chi connectivity index (χ4n) is 3.22. The molecule has 0 aliphatic carbocycles. The molecule has 5 heteroatoms. The van der Waals surface area contributed by atoms with Crippen molar-refractivity contribution in [3.8, 4) is 39.8 Å². The van der Waals surface area contributed by atoms with E-state index in [1.54, 1.807) is 21.3 Å². The molecule has 0 saturated heterocycles. The average molecular weight is 372 g/mol. The second-order valence-electron chi connectivity index (χ2n) is 6.19. The van der Waals surface area contributed by atoms with Crippen LogP contribution in [0.25, 0.3) is 33.5 Å². The molecule has 0 unspecified atom stereocenters. The van der Waals surface area contributed by atoms with Gasteiger partial charge in [-0.1, -0.05) is 42.5 Å². The first-order valence-electron chi connectivity index (χ1n) is 8.87. The van der Waals surface area contributed by atoms with Crippen molar-refractivity contribution in [3.05, 3.63) is 66.7 Å². The highest BCUT2D eigenvalue weighted by Crippen LogP contribution is 2.42. The van der Waals surface area contributed by atoms with Crippen LogP contribution in [0.15, 0.2) is 66.7 Å². The Morgan fingerprint density at radius 3 is 1.57 bits per heavy atom. The SMILES string of the molecule is COc1cc(-c2nc3ccccc3nc2-c2ccccc2)cc(OC)c1OC. The fourth-order valence-corrected chi connectivity index (χ4v) is 3.22. The van der Waals surface area contributed by atoms with Gasteiger partial charge in [-0.2, -0.15) is 0 Å². The lowest BCUT2D eigenvalue weighted by atomic mass is 10.0. The molecule has 0 aliphatic rings. The molecule has 1 heterocycles. The van der Waals surface area contributed by atoms with Gasteiger partial charge in [0.15, 0.2) is 11.5 Å². The summed E-state index contributed by atoms with van der Waals surface area (Å²) in [5, 5.41) is 0. The van der Waals surface area contributed by atoms with E-state index in [1.807, 2.05) is 66.7 Å². The molecule has 0 atom stereocenters. The predicted molar refractivity (Wildman–Crippen MR) is 110 cm³/mol. The normalized spacial score (nSPS) is 10.7. The van der Waals surface area contributed by atoms with Gasteiger partial charge in [0.1, 0.15) is 0 Å². The van der Waals surface area contributed by atoms with E-state index in [4.69, 9.17) is 24.2 Å². The van der Waals surface area contributed by atoms with Crippen LogP contribution in [0.5, 0.6) is 17.2 Å². The maximum atomic E-state index is 5.52. The van der Waals surface area contributed by atoms with Crippen molar-refractivity contribution in [2.75, 3.05) is 21.3 Å². The van der Waals surface area contributed by atoms with Gasteiger partial charge in [0, 0.05) is 11.1 Å². The molecule has 140 valence electrons. The maximum Gasteiger partial charge on any atom is 0.203 e. The van der Waals surface area contributed by atoms with Crippen molar-refractivity contribution in [2.24, 2.45) is 0 Å². The second kappa shape index (κ2) is 7.56. The van der Waals surface area contributed by atoms with E-state index < -0.39 is 0 Å². The molecule has 3 aromatic carbocycles. The van der Waals surface area contributed by atoms with E-state index >= 15 is 0 Å². The molecular weight excluding hydrogens is 352 g/mol. The van der Waals surface area contributed by atoms with Gasteiger partial charge in [0.25, 0.3) is 0 Å². The minimum absolute atomic E-state index is 0.545. The molecule has 28 heavy (non-hydrogen) atoms. The van der Waals surface area contributed by atoms with Crippen molar-refractivity contribution in [2.45, 2.75) is 0 Å². The van der Waals surface area contributed by atoms with Crippen LogP contribution in [-0.2, 0) is 0 Å². The third kappa shape index (κ3) is 3.11. The quantitative estimate of drug-likeness (QED) is 0.494. The Labute approximate surface area is 163 Å². The molecule has 0 aliphatic heterocycles. The predicted octanol–water partition coefficient (Wildman–Crippen LogP) is 4.99. The summed E-state index contributed by atoms with van der Waals surface area (Å²) in [7, 11) is 4.79. The van der Waals surface area contributed by atoms with Crippen LogP contribution in [0.4, 0.5) is 0 Å². The highest BCUT2D eigenvalue weighted by Gasteiger charge is 2.19. The van der Waals surface area contributed by atoms with Gasteiger partial charge in [-0.3, -0.25) is 0 Å². The van der Waals surface area contributed by atoms with E-state index in [0.717, 1.165) is 33.5 Å². The first-order chi connectivity index (χ1) is 13.7. The first kappa shape index (κ1) is 17.8. The van der Waals surface area contributed by atoms with Crippen LogP contribution >= 0.6 is 0 Å². The molecule has 0 radical (unpaired) electrons. The number of benzene rings is 3. The number of fused-ring (bicyclic) bond motifs is 1. The average Bonchev–Trinajstić information content (AvgIpc) is 2.77. The molecule has 0 bridgehead atoms. The van der Waals surface area contributed by atoms with Crippen molar-refractivity contribution < 1.29 is 14.2 Å². The van der Waals surface area contributed by atoms with Crippen LogP contribution < -0.4 is 14.2 Å². The number of methoxy groups -OCH3 is 3. The summed E-state index contributed by atoms with van der Waals surface area (Å²) in [6.07, 6.45) is 0. The van der Waals surface area contributed by atoms with Crippen LogP contribution in [0.1, 0.15) is 0 Å². The van der Waals surface area contributed by atoms with Crippen LogP contribution in [0.3, 0.4) is 0 Å². The molecule has 0 saturated carbocycles. The Morgan fingerprint density at radius 2 is 1.07 bits per heavy atom. The number of rotatable bonds is 5. The monoisotopic (exact) mass is 372 g/mol. The summed E-state index contributed by atoms with van der Waals surface area (Å²) in [6, 6.07) is 21.7. The Hall–Kier alpha value is -3.60. The lowest BCUT2D eigenvalue weighted by molar-refractivity contribution is 0.324. The smallest absolute Gasteiger partial charge is 0.203 e. The van der Waals surface area contributed by atoms with Crippen molar-refractivity contribution >= 4 is 11.0 Å². The van der Waals surface area contributed by atoms with Gasteiger partial charge in [-0.15, -0.1) is 0 Å². The molecule has 4 aromatic rings. The number of ether oxygens (including phenoxy) is 3. The zero-order chi connectivity index (χ0) is 19.5. The topological polar surface area (TPSA) is 53.5 Å². The highest BCUT2D eigenvalue weighted by atomic mass is 16.5. The molecule has 0 amide bonds.